The number of non-ortho nitro benzene ring substituents is 1. The van der Waals surface area contributed by atoms with E-state index >= 15 is 0 Å². The van der Waals surface area contributed by atoms with Crippen LogP contribution >= 0.6 is 0 Å². The smallest absolute Gasteiger partial charge is 0.328 e. The highest BCUT2D eigenvalue weighted by Crippen LogP contribution is 2.13. The van der Waals surface area contributed by atoms with Gasteiger partial charge >= 0.3 is 11.9 Å². The summed E-state index contributed by atoms with van der Waals surface area (Å²) in [5.74, 6) is -2.29. The molecule has 1 aromatic carbocycles. The molecule has 0 fully saturated rings. The van der Waals surface area contributed by atoms with Gasteiger partial charge in [0.25, 0.3) is 11.6 Å². The summed E-state index contributed by atoms with van der Waals surface area (Å²) in [4.78, 5) is 44.8. The number of nitro groups is 1. The second-order valence-corrected chi connectivity index (χ2v) is 4.14. The van der Waals surface area contributed by atoms with Crippen molar-refractivity contribution in [2.75, 3.05) is 14.2 Å². The van der Waals surface area contributed by atoms with E-state index in [9.17, 15) is 24.5 Å². The van der Waals surface area contributed by atoms with Gasteiger partial charge in [-0.25, -0.2) is 4.79 Å². The van der Waals surface area contributed by atoms with Crippen LogP contribution in [0.25, 0.3) is 0 Å². The number of methoxy groups -OCH3 is 2. The number of nitrogens with zero attached hydrogens (tertiary/aromatic N) is 1. The Bertz CT molecular complexity index is 600. The molecule has 0 aliphatic rings. The van der Waals surface area contributed by atoms with Gasteiger partial charge in [-0.1, -0.05) is 6.07 Å². The van der Waals surface area contributed by atoms with Crippen LogP contribution in [0.4, 0.5) is 5.69 Å². The van der Waals surface area contributed by atoms with Crippen molar-refractivity contribution in [2.24, 2.45) is 0 Å². The molecular weight excluding hydrogens is 296 g/mol. The molecule has 0 aromatic heterocycles. The molecule has 0 heterocycles. The Morgan fingerprint density at radius 3 is 2.50 bits per heavy atom. The van der Waals surface area contributed by atoms with E-state index in [-0.39, 0.29) is 11.3 Å². The summed E-state index contributed by atoms with van der Waals surface area (Å²) in [6.07, 6.45) is -0.413. The van der Waals surface area contributed by atoms with Crippen molar-refractivity contribution in [1.82, 2.24) is 5.32 Å². The summed E-state index contributed by atoms with van der Waals surface area (Å²) >= 11 is 0. The van der Waals surface area contributed by atoms with Crippen molar-refractivity contribution in [2.45, 2.75) is 12.5 Å². The molecule has 1 N–H and O–H groups in total. The monoisotopic (exact) mass is 310 g/mol. The van der Waals surface area contributed by atoms with Gasteiger partial charge in [-0.15, -0.1) is 0 Å². The van der Waals surface area contributed by atoms with Crippen LogP contribution in [-0.2, 0) is 19.1 Å². The van der Waals surface area contributed by atoms with E-state index in [1.54, 1.807) is 0 Å². The van der Waals surface area contributed by atoms with E-state index in [0.717, 1.165) is 20.3 Å². The number of nitrogens with one attached hydrogen (secondary N) is 1. The number of carbonyl (C=O) groups excluding carboxylic acids is 3. The normalized spacial score (nSPS) is 11.2. The molecule has 0 aliphatic heterocycles. The first kappa shape index (κ1) is 17.1. The quantitative estimate of drug-likeness (QED) is 0.459. The number of hydrogen-bond donors (Lipinski definition) is 1. The van der Waals surface area contributed by atoms with Gasteiger partial charge in [0.2, 0.25) is 0 Å². The molecule has 1 rings (SSSR count). The van der Waals surface area contributed by atoms with Gasteiger partial charge in [0.15, 0.2) is 0 Å². The summed E-state index contributed by atoms with van der Waals surface area (Å²) in [5, 5.41) is 13.0. The average Bonchev–Trinajstić information content (AvgIpc) is 2.53. The minimum absolute atomic E-state index is 0.0204. The molecule has 22 heavy (non-hydrogen) atoms. The lowest BCUT2D eigenvalue weighted by atomic mass is 10.1. The topological polar surface area (TPSA) is 125 Å². The summed E-state index contributed by atoms with van der Waals surface area (Å²) in [5.41, 5.74) is -0.289. The van der Waals surface area contributed by atoms with Crippen molar-refractivity contribution in [3.63, 3.8) is 0 Å². The number of benzene rings is 1. The zero-order valence-corrected chi connectivity index (χ0v) is 11.9. The van der Waals surface area contributed by atoms with E-state index in [2.05, 4.69) is 14.8 Å². The highest BCUT2D eigenvalue weighted by Gasteiger charge is 2.26. The maximum atomic E-state index is 12.0. The van der Waals surface area contributed by atoms with E-state index in [4.69, 9.17) is 0 Å². The van der Waals surface area contributed by atoms with Crippen molar-refractivity contribution in [3.05, 3.63) is 39.9 Å². The Balaban J connectivity index is 2.90. The number of esters is 2. The van der Waals surface area contributed by atoms with Gasteiger partial charge in [0, 0.05) is 17.7 Å². The average molecular weight is 310 g/mol. The summed E-state index contributed by atoms with van der Waals surface area (Å²) in [6, 6.07) is 3.71. The zero-order chi connectivity index (χ0) is 16.7. The SMILES string of the molecule is COC(=O)C[C@@H](NC(=O)c1cccc([N+](=O)[O-])c1)C(=O)OC. The zero-order valence-electron chi connectivity index (χ0n) is 11.9. The second-order valence-electron chi connectivity index (χ2n) is 4.14. The number of amides is 1. The van der Waals surface area contributed by atoms with Crippen LogP contribution < -0.4 is 5.32 Å². The summed E-state index contributed by atoms with van der Waals surface area (Å²) < 4.78 is 8.91. The third-order valence-electron chi connectivity index (χ3n) is 2.71. The minimum Gasteiger partial charge on any atom is -0.469 e. The Kier molecular flexibility index (Phi) is 5.99. The van der Waals surface area contributed by atoms with Gasteiger partial charge in [-0.05, 0) is 6.07 Å². The molecular formula is C13H14N2O7. The molecule has 0 spiro atoms. The Hall–Kier alpha value is -2.97. The van der Waals surface area contributed by atoms with Crippen LogP contribution in [0.2, 0.25) is 0 Å². The van der Waals surface area contributed by atoms with E-state index < -0.39 is 35.2 Å². The number of ether oxygens (including phenoxy) is 2. The molecule has 1 amide bonds. The molecule has 0 saturated heterocycles. The highest BCUT2D eigenvalue weighted by molar-refractivity contribution is 5.98. The van der Waals surface area contributed by atoms with Gasteiger partial charge in [0.05, 0.1) is 25.6 Å². The van der Waals surface area contributed by atoms with Crippen LogP contribution in [0, 0.1) is 10.1 Å². The third-order valence-corrected chi connectivity index (χ3v) is 2.71. The largest absolute Gasteiger partial charge is 0.469 e. The van der Waals surface area contributed by atoms with Crippen molar-refractivity contribution >= 4 is 23.5 Å². The molecule has 1 atom stereocenters. The van der Waals surface area contributed by atoms with Crippen LogP contribution in [0.5, 0.6) is 0 Å². The van der Waals surface area contributed by atoms with Crippen LogP contribution in [-0.4, -0.2) is 43.0 Å². The van der Waals surface area contributed by atoms with Crippen molar-refractivity contribution in [1.29, 1.82) is 0 Å². The van der Waals surface area contributed by atoms with E-state index in [0.29, 0.717) is 0 Å². The standard InChI is InChI=1S/C13H14N2O7/c1-21-11(16)7-10(13(18)22-2)14-12(17)8-4-3-5-9(6-8)15(19)20/h3-6,10H,7H2,1-2H3,(H,14,17)/t10-/m1/s1. The lowest BCUT2D eigenvalue weighted by Crippen LogP contribution is -2.43. The summed E-state index contributed by atoms with van der Waals surface area (Å²) in [6.45, 7) is 0. The fraction of sp³-hybridized carbons (Fsp3) is 0.308. The predicted molar refractivity (Wildman–Crippen MR) is 73.0 cm³/mol. The first-order valence-corrected chi connectivity index (χ1v) is 6.09. The van der Waals surface area contributed by atoms with Crippen LogP contribution in [0.3, 0.4) is 0 Å². The molecule has 0 aliphatic carbocycles. The van der Waals surface area contributed by atoms with Gasteiger partial charge in [-0.2, -0.15) is 0 Å². The first-order chi connectivity index (χ1) is 10.4. The van der Waals surface area contributed by atoms with Gasteiger partial charge < -0.3 is 14.8 Å². The molecule has 0 unspecified atom stereocenters. The van der Waals surface area contributed by atoms with Crippen molar-refractivity contribution in [3.8, 4) is 0 Å². The lowest BCUT2D eigenvalue weighted by molar-refractivity contribution is -0.384. The third kappa shape index (κ3) is 4.54. The fourth-order valence-electron chi connectivity index (χ4n) is 1.59. The first-order valence-electron chi connectivity index (χ1n) is 6.09. The predicted octanol–water partition coefficient (Wildman–Crippen LogP) is 0.429. The fourth-order valence-corrected chi connectivity index (χ4v) is 1.59. The Morgan fingerprint density at radius 1 is 1.27 bits per heavy atom. The molecule has 9 heteroatoms. The van der Waals surface area contributed by atoms with Crippen LogP contribution in [0.1, 0.15) is 16.8 Å². The molecule has 1 aromatic rings. The number of carbonyl (C=O) groups is 3. The number of hydrogen-bond acceptors (Lipinski definition) is 7. The molecule has 0 saturated carbocycles. The van der Waals surface area contributed by atoms with Crippen LogP contribution in [0.15, 0.2) is 24.3 Å². The minimum atomic E-state index is -1.25. The maximum absolute atomic E-state index is 12.0. The van der Waals surface area contributed by atoms with Gasteiger partial charge in [-0.3, -0.25) is 19.7 Å². The molecule has 118 valence electrons. The maximum Gasteiger partial charge on any atom is 0.328 e. The Morgan fingerprint density at radius 2 is 1.95 bits per heavy atom. The lowest BCUT2D eigenvalue weighted by Gasteiger charge is -2.15. The molecule has 0 radical (unpaired) electrons. The second kappa shape index (κ2) is 7.72. The molecule has 0 bridgehead atoms. The van der Waals surface area contributed by atoms with Gasteiger partial charge in [0.1, 0.15) is 6.04 Å². The van der Waals surface area contributed by atoms with E-state index in [1.165, 1.54) is 18.2 Å². The number of nitro benzene ring substituents is 1. The number of rotatable bonds is 6. The summed E-state index contributed by atoms with van der Waals surface area (Å²) in [7, 11) is 2.24. The van der Waals surface area contributed by atoms with Crippen molar-refractivity contribution < 1.29 is 28.8 Å². The van der Waals surface area contributed by atoms with E-state index in [1.807, 2.05) is 0 Å². The molecule has 9 nitrogen and oxygen atoms in total. The highest BCUT2D eigenvalue weighted by atomic mass is 16.6. The Labute approximate surface area is 125 Å².